The van der Waals surface area contributed by atoms with Crippen molar-refractivity contribution in [2.45, 2.75) is 6.10 Å². The second-order valence-corrected chi connectivity index (χ2v) is 4.56. The molecule has 114 valence electrons. The number of hydrogen-bond acceptors (Lipinski definition) is 5. The van der Waals surface area contributed by atoms with Crippen molar-refractivity contribution in [2.24, 2.45) is 0 Å². The summed E-state index contributed by atoms with van der Waals surface area (Å²) in [7, 11) is 1.62. The van der Waals surface area contributed by atoms with Gasteiger partial charge in [-0.25, -0.2) is 0 Å². The number of morpholine rings is 1. The molecule has 1 aliphatic heterocycles. The van der Waals surface area contributed by atoms with Crippen LogP contribution < -0.4 is 21.9 Å². The molecule has 1 unspecified atom stereocenters. The number of nitrogens with zero attached hydrogens (tertiary/aromatic N) is 1. The lowest BCUT2D eigenvalue weighted by Crippen LogP contribution is -3.00. The van der Waals surface area contributed by atoms with Gasteiger partial charge in [0.05, 0.1) is 20.3 Å². The summed E-state index contributed by atoms with van der Waals surface area (Å²) in [4.78, 5) is 2.18. The van der Waals surface area contributed by atoms with Gasteiger partial charge in [-0.3, -0.25) is 4.90 Å². The van der Waals surface area contributed by atoms with Gasteiger partial charge in [-0.05, 0) is 12.1 Å². The first-order chi connectivity index (χ1) is 9.28. The lowest BCUT2D eigenvalue weighted by molar-refractivity contribution is -0.0000332. The van der Waals surface area contributed by atoms with Gasteiger partial charge in [0.2, 0.25) is 0 Å². The van der Waals surface area contributed by atoms with Crippen molar-refractivity contribution in [1.29, 1.82) is 0 Å². The maximum Gasteiger partial charge on any atom is 0.123 e. The fourth-order valence-corrected chi connectivity index (χ4v) is 2.02. The molecule has 1 aromatic carbocycles. The molecule has 1 aromatic rings. The summed E-state index contributed by atoms with van der Waals surface area (Å²) in [6.07, 6.45) is -0.496. The zero-order valence-electron chi connectivity index (χ0n) is 11.6. The van der Waals surface area contributed by atoms with Gasteiger partial charge in [0, 0.05) is 25.7 Å². The van der Waals surface area contributed by atoms with E-state index in [1.165, 1.54) is 0 Å². The summed E-state index contributed by atoms with van der Waals surface area (Å²) >= 11 is 0. The van der Waals surface area contributed by atoms with Crippen LogP contribution >= 0.6 is 0 Å². The van der Waals surface area contributed by atoms with Crippen molar-refractivity contribution in [1.82, 2.24) is 4.90 Å². The van der Waals surface area contributed by atoms with Crippen LogP contribution in [0, 0.1) is 0 Å². The third-order valence-corrected chi connectivity index (χ3v) is 3.06. The van der Waals surface area contributed by atoms with E-state index in [9.17, 15) is 5.11 Å². The van der Waals surface area contributed by atoms with Crippen LogP contribution in [0.5, 0.6) is 11.5 Å². The van der Waals surface area contributed by atoms with E-state index in [-0.39, 0.29) is 19.0 Å². The van der Waals surface area contributed by atoms with Gasteiger partial charge in [-0.2, -0.15) is 0 Å². The molecule has 1 fully saturated rings. The predicted molar refractivity (Wildman–Crippen MR) is 71.8 cm³/mol. The molecule has 0 saturated carbocycles. The lowest BCUT2D eigenvalue weighted by atomic mass is 10.3. The Kier molecular flexibility index (Phi) is 7.69. The minimum Gasteiger partial charge on any atom is -1.00 e. The average Bonchev–Trinajstić information content (AvgIpc) is 2.46. The highest BCUT2D eigenvalue weighted by molar-refractivity contribution is 5.32. The van der Waals surface area contributed by atoms with E-state index in [0.29, 0.717) is 12.3 Å². The van der Waals surface area contributed by atoms with Gasteiger partial charge in [0.15, 0.2) is 0 Å². The maximum atomic E-state index is 9.95. The molecule has 1 atom stereocenters. The van der Waals surface area contributed by atoms with Crippen LogP contribution in [0.1, 0.15) is 0 Å². The molecule has 2 rings (SSSR count). The number of aliphatic hydroxyl groups is 1. The second-order valence-electron chi connectivity index (χ2n) is 4.56. The maximum absolute atomic E-state index is 9.95. The number of halogens is 1. The summed E-state index contributed by atoms with van der Waals surface area (Å²) in [5, 5.41) is 9.95. The minimum atomic E-state index is -0.496. The third-order valence-electron chi connectivity index (χ3n) is 3.06. The Morgan fingerprint density at radius 3 is 2.70 bits per heavy atom. The van der Waals surface area contributed by atoms with E-state index < -0.39 is 6.10 Å². The van der Waals surface area contributed by atoms with Crippen molar-refractivity contribution >= 4 is 0 Å². The lowest BCUT2D eigenvalue weighted by Gasteiger charge is -2.28. The molecule has 0 aliphatic carbocycles. The van der Waals surface area contributed by atoms with Crippen LogP contribution in [-0.2, 0) is 4.74 Å². The molecule has 0 amide bonds. The van der Waals surface area contributed by atoms with Crippen molar-refractivity contribution in [3.05, 3.63) is 24.3 Å². The monoisotopic (exact) mass is 302 g/mol. The molecule has 5 nitrogen and oxygen atoms in total. The van der Waals surface area contributed by atoms with E-state index in [1.807, 2.05) is 18.2 Å². The standard InChI is InChI=1S/C14H21NO4.ClH/c1-17-13-3-2-4-14(9-13)19-11-12(16)10-15-5-7-18-8-6-15;/h2-4,9,12,16H,5-8,10-11H2,1H3;1H/p-1. The highest BCUT2D eigenvalue weighted by Crippen LogP contribution is 2.18. The fraction of sp³-hybridized carbons (Fsp3) is 0.571. The number of β-amino-alcohol motifs (C(OH)–C–C–N with tert-alkyl or cyclic N) is 1. The van der Waals surface area contributed by atoms with Crippen molar-refractivity contribution < 1.29 is 31.7 Å². The van der Waals surface area contributed by atoms with Gasteiger partial charge < -0.3 is 31.7 Å². The third kappa shape index (κ3) is 5.54. The van der Waals surface area contributed by atoms with E-state index in [4.69, 9.17) is 14.2 Å². The largest absolute Gasteiger partial charge is 1.00 e. The first-order valence-corrected chi connectivity index (χ1v) is 6.53. The fourth-order valence-electron chi connectivity index (χ4n) is 2.02. The van der Waals surface area contributed by atoms with Gasteiger partial charge in [-0.15, -0.1) is 0 Å². The van der Waals surface area contributed by atoms with E-state index in [0.717, 1.165) is 32.1 Å². The molecule has 1 saturated heterocycles. The SMILES string of the molecule is COc1cccc(OCC(O)CN2CCOCC2)c1.[Cl-]. The molecular weight excluding hydrogens is 282 g/mol. The quantitative estimate of drug-likeness (QED) is 0.645. The number of aliphatic hydroxyl groups excluding tert-OH is 1. The summed E-state index contributed by atoms with van der Waals surface area (Å²) in [5.41, 5.74) is 0. The molecule has 0 aromatic heterocycles. The number of hydrogen-bond donors (Lipinski definition) is 1. The number of methoxy groups -OCH3 is 1. The molecular formula is C14H21ClNO4-. The number of rotatable bonds is 6. The van der Waals surface area contributed by atoms with Crippen LogP contribution in [0.25, 0.3) is 0 Å². The van der Waals surface area contributed by atoms with Crippen LogP contribution in [0.4, 0.5) is 0 Å². The summed E-state index contributed by atoms with van der Waals surface area (Å²) in [5.74, 6) is 1.46. The zero-order valence-corrected chi connectivity index (χ0v) is 12.4. The molecule has 6 heteroatoms. The minimum absolute atomic E-state index is 0. The highest BCUT2D eigenvalue weighted by Gasteiger charge is 2.15. The molecule has 20 heavy (non-hydrogen) atoms. The first-order valence-electron chi connectivity index (χ1n) is 6.53. The number of benzene rings is 1. The number of ether oxygens (including phenoxy) is 3. The molecule has 1 N–H and O–H groups in total. The Balaban J connectivity index is 0.00000200. The van der Waals surface area contributed by atoms with Crippen molar-refractivity contribution in [3.63, 3.8) is 0 Å². The summed E-state index contributed by atoms with van der Waals surface area (Å²) in [6, 6.07) is 7.38. The van der Waals surface area contributed by atoms with E-state index >= 15 is 0 Å². The van der Waals surface area contributed by atoms with Gasteiger partial charge >= 0.3 is 0 Å². The van der Waals surface area contributed by atoms with Crippen LogP contribution in [-0.4, -0.2) is 62.7 Å². The average molecular weight is 303 g/mol. The Morgan fingerprint density at radius 2 is 2.00 bits per heavy atom. The van der Waals surface area contributed by atoms with Gasteiger partial charge in [0.1, 0.15) is 24.2 Å². The molecule has 0 spiro atoms. The Bertz CT molecular complexity index is 385. The van der Waals surface area contributed by atoms with E-state index in [2.05, 4.69) is 4.90 Å². The van der Waals surface area contributed by atoms with Crippen molar-refractivity contribution in [3.8, 4) is 11.5 Å². The second kappa shape index (κ2) is 9.02. The normalized spacial score (nSPS) is 17.1. The molecule has 0 bridgehead atoms. The first kappa shape index (κ1) is 17.0. The van der Waals surface area contributed by atoms with Gasteiger partial charge in [-0.1, -0.05) is 6.07 Å². The van der Waals surface area contributed by atoms with Gasteiger partial charge in [0.25, 0.3) is 0 Å². The van der Waals surface area contributed by atoms with E-state index in [1.54, 1.807) is 13.2 Å². The summed E-state index contributed by atoms with van der Waals surface area (Å²) in [6.45, 7) is 4.12. The van der Waals surface area contributed by atoms with Crippen LogP contribution in [0.15, 0.2) is 24.3 Å². The Hall–Kier alpha value is -1.01. The van der Waals surface area contributed by atoms with Crippen LogP contribution in [0.2, 0.25) is 0 Å². The Morgan fingerprint density at radius 1 is 1.30 bits per heavy atom. The molecule has 1 aliphatic rings. The smallest absolute Gasteiger partial charge is 0.123 e. The Labute approximate surface area is 125 Å². The highest BCUT2D eigenvalue weighted by atomic mass is 35.5. The molecule has 1 heterocycles. The summed E-state index contributed by atoms with van der Waals surface area (Å²) < 4.78 is 16.0. The van der Waals surface area contributed by atoms with Crippen molar-refractivity contribution in [2.75, 3.05) is 46.6 Å². The molecule has 0 radical (unpaired) electrons. The zero-order chi connectivity index (χ0) is 13.5. The topological polar surface area (TPSA) is 51.2 Å². The van der Waals surface area contributed by atoms with Crippen LogP contribution in [0.3, 0.4) is 0 Å². The predicted octanol–water partition coefficient (Wildman–Crippen LogP) is -2.23.